The van der Waals surface area contributed by atoms with Crippen LogP contribution in [0.2, 0.25) is 0 Å². The highest BCUT2D eigenvalue weighted by Crippen LogP contribution is 2.06. The van der Waals surface area contributed by atoms with Crippen molar-refractivity contribution in [2.24, 2.45) is 11.7 Å². The van der Waals surface area contributed by atoms with Gasteiger partial charge in [-0.15, -0.1) is 0 Å². The summed E-state index contributed by atoms with van der Waals surface area (Å²) in [5.74, 6) is 0.444. The fourth-order valence-electron chi connectivity index (χ4n) is 1.02. The van der Waals surface area contributed by atoms with Crippen LogP contribution in [-0.4, -0.2) is 6.04 Å². The van der Waals surface area contributed by atoms with Gasteiger partial charge in [-0.3, -0.25) is 0 Å². The van der Waals surface area contributed by atoms with Crippen molar-refractivity contribution in [3.8, 4) is 0 Å². The van der Waals surface area contributed by atoms with Crippen molar-refractivity contribution in [1.82, 2.24) is 0 Å². The van der Waals surface area contributed by atoms with Crippen LogP contribution in [0, 0.1) is 5.92 Å². The zero-order chi connectivity index (χ0) is 9.56. The standard InChI is InChI=1S/C11H21N/c1-5-6-7-10(4)11(12)8-9(2)3/h6-8,10-11H,5,12H2,1-4H3/b7-6-. The third-order valence-electron chi connectivity index (χ3n) is 1.81. The number of hydrogen-bond donors (Lipinski definition) is 1. The summed E-state index contributed by atoms with van der Waals surface area (Å²) >= 11 is 0. The van der Waals surface area contributed by atoms with Crippen LogP contribution < -0.4 is 5.73 Å². The molecule has 0 bridgehead atoms. The molecule has 1 heteroatoms. The first-order chi connectivity index (χ1) is 5.57. The predicted molar refractivity (Wildman–Crippen MR) is 56.0 cm³/mol. The number of nitrogens with two attached hydrogens (primary N) is 1. The Kier molecular flexibility index (Phi) is 5.73. The number of allylic oxidation sites excluding steroid dienone is 2. The van der Waals surface area contributed by atoms with Crippen LogP contribution >= 0.6 is 0 Å². The lowest BCUT2D eigenvalue weighted by molar-refractivity contribution is 0.626. The first-order valence-corrected chi connectivity index (χ1v) is 4.65. The molecule has 0 aliphatic rings. The van der Waals surface area contributed by atoms with Crippen molar-refractivity contribution in [1.29, 1.82) is 0 Å². The van der Waals surface area contributed by atoms with E-state index in [1.54, 1.807) is 0 Å². The van der Waals surface area contributed by atoms with E-state index in [1.165, 1.54) is 5.57 Å². The molecule has 0 aromatic rings. The van der Waals surface area contributed by atoms with Crippen molar-refractivity contribution >= 4 is 0 Å². The van der Waals surface area contributed by atoms with E-state index >= 15 is 0 Å². The fourth-order valence-corrected chi connectivity index (χ4v) is 1.02. The molecule has 0 fully saturated rings. The molecule has 0 amide bonds. The summed E-state index contributed by atoms with van der Waals surface area (Å²) in [5, 5.41) is 0. The van der Waals surface area contributed by atoms with Crippen molar-refractivity contribution in [3.05, 3.63) is 23.8 Å². The molecule has 2 N–H and O–H groups in total. The minimum atomic E-state index is 0.165. The number of rotatable bonds is 4. The van der Waals surface area contributed by atoms with Crippen molar-refractivity contribution in [2.75, 3.05) is 0 Å². The second kappa shape index (κ2) is 6.01. The molecule has 0 heterocycles. The normalized spacial score (nSPS) is 16.1. The zero-order valence-electron chi connectivity index (χ0n) is 8.67. The molecular weight excluding hydrogens is 146 g/mol. The van der Waals surface area contributed by atoms with Crippen LogP contribution in [0.1, 0.15) is 34.1 Å². The Hall–Kier alpha value is -0.560. The van der Waals surface area contributed by atoms with Crippen molar-refractivity contribution < 1.29 is 0 Å². The van der Waals surface area contributed by atoms with E-state index in [9.17, 15) is 0 Å². The van der Waals surface area contributed by atoms with Crippen LogP contribution in [0.5, 0.6) is 0 Å². The molecule has 0 radical (unpaired) electrons. The maximum atomic E-state index is 5.93. The Balaban J connectivity index is 4.01. The SMILES string of the molecule is CC/C=C\C(C)C(N)C=C(C)C. The maximum Gasteiger partial charge on any atom is 0.0287 e. The largest absolute Gasteiger partial charge is 0.324 e. The molecule has 0 aliphatic heterocycles. The highest BCUT2D eigenvalue weighted by atomic mass is 14.6. The quantitative estimate of drug-likeness (QED) is 0.640. The van der Waals surface area contributed by atoms with Crippen LogP contribution in [-0.2, 0) is 0 Å². The Bertz CT molecular complexity index is 164. The van der Waals surface area contributed by atoms with Gasteiger partial charge < -0.3 is 5.73 Å². The van der Waals surface area contributed by atoms with Gasteiger partial charge >= 0.3 is 0 Å². The molecule has 70 valence electrons. The zero-order valence-corrected chi connectivity index (χ0v) is 8.67. The van der Waals surface area contributed by atoms with Crippen LogP contribution in [0.25, 0.3) is 0 Å². The van der Waals surface area contributed by atoms with E-state index < -0.39 is 0 Å². The number of hydrogen-bond acceptors (Lipinski definition) is 1. The van der Waals surface area contributed by atoms with E-state index in [1.807, 2.05) is 0 Å². The summed E-state index contributed by atoms with van der Waals surface area (Å²) in [6, 6.07) is 0.165. The first-order valence-electron chi connectivity index (χ1n) is 4.65. The first kappa shape index (κ1) is 11.4. The minimum Gasteiger partial charge on any atom is -0.324 e. The van der Waals surface area contributed by atoms with Gasteiger partial charge in [0.1, 0.15) is 0 Å². The highest BCUT2D eigenvalue weighted by Gasteiger charge is 2.04. The van der Waals surface area contributed by atoms with E-state index in [-0.39, 0.29) is 6.04 Å². The molecule has 12 heavy (non-hydrogen) atoms. The molecular formula is C11H21N. The lowest BCUT2D eigenvalue weighted by atomic mass is 10.0. The highest BCUT2D eigenvalue weighted by molar-refractivity contribution is 5.05. The summed E-state index contributed by atoms with van der Waals surface area (Å²) in [4.78, 5) is 0. The molecule has 1 nitrogen and oxygen atoms in total. The van der Waals surface area contributed by atoms with Crippen molar-refractivity contribution in [3.63, 3.8) is 0 Å². The molecule has 0 aliphatic carbocycles. The van der Waals surface area contributed by atoms with Gasteiger partial charge in [0, 0.05) is 6.04 Å². The Morgan fingerprint density at radius 1 is 1.42 bits per heavy atom. The summed E-state index contributed by atoms with van der Waals surface area (Å²) in [5.41, 5.74) is 7.22. The Morgan fingerprint density at radius 3 is 2.42 bits per heavy atom. The summed E-state index contributed by atoms with van der Waals surface area (Å²) in [6.07, 6.45) is 7.56. The predicted octanol–water partition coefficient (Wildman–Crippen LogP) is 2.88. The molecule has 2 unspecified atom stereocenters. The van der Waals surface area contributed by atoms with E-state index in [0.717, 1.165) is 6.42 Å². The fraction of sp³-hybridized carbons (Fsp3) is 0.636. The molecule has 0 saturated heterocycles. The Labute approximate surface area is 76.3 Å². The van der Waals surface area contributed by atoms with Gasteiger partial charge in [0.15, 0.2) is 0 Å². The molecule has 0 aromatic heterocycles. The van der Waals surface area contributed by atoms with Gasteiger partial charge in [0.2, 0.25) is 0 Å². The van der Waals surface area contributed by atoms with Gasteiger partial charge in [0.25, 0.3) is 0 Å². The van der Waals surface area contributed by atoms with E-state index in [4.69, 9.17) is 5.73 Å². The molecule has 0 saturated carbocycles. The summed E-state index contributed by atoms with van der Waals surface area (Å²) in [6.45, 7) is 8.44. The Morgan fingerprint density at radius 2 is 2.00 bits per heavy atom. The third kappa shape index (κ3) is 5.14. The van der Waals surface area contributed by atoms with Crippen LogP contribution in [0.15, 0.2) is 23.8 Å². The average Bonchev–Trinajstić information content (AvgIpc) is 1.98. The topological polar surface area (TPSA) is 26.0 Å². The van der Waals surface area contributed by atoms with Gasteiger partial charge in [-0.25, -0.2) is 0 Å². The van der Waals surface area contributed by atoms with Gasteiger partial charge in [-0.05, 0) is 26.2 Å². The van der Waals surface area contributed by atoms with Crippen LogP contribution in [0.4, 0.5) is 0 Å². The van der Waals surface area contributed by atoms with Crippen LogP contribution in [0.3, 0.4) is 0 Å². The summed E-state index contributed by atoms with van der Waals surface area (Å²) < 4.78 is 0. The molecule has 0 rings (SSSR count). The second-order valence-electron chi connectivity index (χ2n) is 3.52. The smallest absolute Gasteiger partial charge is 0.0287 e. The lowest BCUT2D eigenvalue weighted by Gasteiger charge is -2.12. The van der Waals surface area contributed by atoms with Crippen molar-refractivity contribution in [2.45, 2.75) is 40.2 Å². The monoisotopic (exact) mass is 167 g/mol. The molecule has 0 spiro atoms. The average molecular weight is 167 g/mol. The molecule has 2 atom stereocenters. The third-order valence-corrected chi connectivity index (χ3v) is 1.81. The van der Waals surface area contributed by atoms with Gasteiger partial charge in [-0.1, -0.05) is 37.6 Å². The lowest BCUT2D eigenvalue weighted by Crippen LogP contribution is -2.24. The van der Waals surface area contributed by atoms with E-state index in [2.05, 4.69) is 45.9 Å². The van der Waals surface area contributed by atoms with E-state index in [0.29, 0.717) is 5.92 Å². The second-order valence-corrected chi connectivity index (χ2v) is 3.52. The summed E-state index contributed by atoms with van der Waals surface area (Å²) in [7, 11) is 0. The minimum absolute atomic E-state index is 0.165. The molecule has 0 aromatic carbocycles. The van der Waals surface area contributed by atoms with Gasteiger partial charge in [0.05, 0.1) is 0 Å². The maximum absolute atomic E-state index is 5.93. The van der Waals surface area contributed by atoms with Gasteiger partial charge in [-0.2, -0.15) is 0 Å².